The first-order valence-electron chi connectivity index (χ1n) is 8.50. The Morgan fingerprint density at radius 1 is 1.08 bits per heavy atom. The molecule has 2 aromatic carbocycles. The number of esters is 1. The Morgan fingerprint density at radius 3 is 2.42 bits per heavy atom. The molecule has 5 heteroatoms. The van der Waals surface area contributed by atoms with Crippen molar-refractivity contribution >= 4 is 18.0 Å². The van der Waals surface area contributed by atoms with Crippen LogP contribution in [0.25, 0.3) is 6.08 Å². The third-order valence-corrected chi connectivity index (χ3v) is 3.71. The minimum atomic E-state index is -0.351. The van der Waals surface area contributed by atoms with Gasteiger partial charge in [-0.05, 0) is 36.3 Å². The van der Waals surface area contributed by atoms with E-state index in [2.05, 4.69) is 0 Å². The van der Waals surface area contributed by atoms with E-state index in [4.69, 9.17) is 4.74 Å². The molecule has 0 spiro atoms. The van der Waals surface area contributed by atoms with Crippen molar-refractivity contribution in [2.75, 3.05) is 13.2 Å². The molecule has 2 aromatic rings. The highest BCUT2D eigenvalue weighted by Crippen LogP contribution is 2.10. The molecule has 2 rings (SSSR count). The monoisotopic (exact) mass is 355 g/mol. The van der Waals surface area contributed by atoms with Crippen molar-refractivity contribution in [3.05, 3.63) is 77.6 Å². The molecular weight excluding hydrogens is 333 g/mol. The maximum absolute atomic E-state index is 13.1. The van der Waals surface area contributed by atoms with E-state index >= 15 is 0 Å². The van der Waals surface area contributed by atoms with E-state index in [0.29, 0.717) is 6.61 Å². The number of ether oxygens (including phenoxy) is 1. The lowest BCUT2D eigenvalue weighted by Gasteiger charge is -2.21. The van der Waals surface area contributed by atoms with Gasteiger partial charge in [-0.1, -0.05) is 42.5 Å². The van der Waals surface area contributed by atoms with Crippen molar-refractivity contribution < 1.29 is 18.7 Å². The zero-order chi connectivity index (χ0) is 18.8. The molecule has 0 atom stereocenters. The summed E-state index contributed by atoms with van der Waals surface area (Å²) < 4.78 is 18.0. The van der Waals surface area contributed by atoms with Gasteiger partial charge in [0, 0.05) is 19.2 Å². The molecule has 0 aliphatic rings. The van der Waals surface area contributed by atoms with E-state index in [1.807, 2.05) is 30.3 Å². The lowest BCUT2D eigenvalue weighted by Crippen LogP contribution is -2.31. The van der Waals surface area contributed by atoms with E-state index in [1.165, 1.54) is 18.2 Å². The largest absolute Gasteiger partial charge is 0.466 e. The van der Waals surface area contributed by atoms with Gasteiger partial charge in [0.25, 0.3) is 0 Å². The summed E-state index contributed by atoms with van der Waals surface area (Å²) in [5.74, 6) is -0.902. The first-order chi connectivity index (χ1) is 12.6. The fourth-order valence-corrected chi connectivity index (χ4v) is 2.37. The number of nitrogens with zero attached hydrogens (tertiary/aromatic N) is 1. The molecule has 0 N–H and O–H groups in total. The van der Waals surface area contributed by atoms with E-state index in [9.17, 15) is 14.0 Å². The second-order valence-electron chi connectivity index (χ2n) is 5.69. The zero-order valence-corrected chi connectivity index (χ0v) is 14.7. The van der Waals surface area contributed by atoms with Gasteiger partial charge < -0.3 is 9.64 Å². The highest BCUT2D eigenvalue weighted by Gasteiger charge is 2.14. The molecule has 26 heavy (non-hydrogen) atoms. The SMILES string of the molecule is CCOC(=O)CCN(Cc1ccc(F)cc1)C(=O)/C=C/c1ccccc1. The Morgan fingerprint density at radius 2 is 1.77 bits per heavy atom. The van der Waals surface area contributed by atoms with Crippen LogP contribution in [0.3, 0.4) is 0 Å². The summed E-state index contributed by atoms with van der Waals surface area (Å²) in [7, 11) is 0. The van der Waals surface area contributed by atoms with Gasteiger partial charge in [-0.25, -0.2) is 4.39 Å². The van der Waals surface area contributed by atoms with Crippen LogP contribution in [0.1, 0.15) is 24.5 Å². The van der Waals surface area contributed by atoms with Gasteiger partial charge in [-0.15, -0.1) is 0 Å². The molecule has 0 bridgehead atoms. The highest BCUT2D eigenvalue weighted by atomic mass is 19.1. The molecule has 4 nitrogen and oxygen atoms in total. The topological polar surface area (TPSA) is 46.6 Å². The average Bonchev–Trinajstić information content (AvgIpc) is 2.66. The van der Waals surface area contributed by atoms with E-state index in [-0.39, 0.29) is 37.2 Å². The molecule has 0 saturated heterocycles. The van der Waals surface area contributed by atoms with Crippen LogP contribution in [-0.4, -0.2) is 29.9 Å². The van der Waals surface area contributed by atoms with Gasteiger partial charge in [0.15, 0.2) is 0 Å². The zero-order valence-electron chi connectivity index (χ0n) is 14.7. The Labute approximate surface area is 152 Å². The summed E-state index contributed by atoms with van der Waals surface area (Å²) in [4.78, 5) is 25.7. The van der Waals surface area contributed by atoms with Crippen molar-refractivity contribution in [2.24, 2.45) is 0 Å². The summed E-state index contributed by atoms with van der Waals surface area (Å²) >= 11 is 0. The Balaban J connectivity index is 2.07. The Hall–Kier alpha value is -2.95. The van der Waals surface area contributed by atoms with Gasteiger partial charge >= 0.3 is 5.97 Å². The molecule has 0 radical (unpaired) electrons. The fraction of sp³-hybridized carbons (Fsp3) is 0.238. The molecule has 0 fully saturated rings. The molecule has 0 aromatic heterocycles. The van der Waals surface area contributed by atoms with Crippen molar-refractivity contribution in [3.8, 4) is 0 Å². The van der Waals surface area contributed by atoms with Gasteiger partial charge in [0.05, 0.1) is 13.0 Å². The molecule has 0 aliphatic heterocycles. The van der Waals surface area contributed by atoms with E-state index in [1.54, 1.807) is 30.0 Å². The third-order valence-electron chi connectivity index (χ3n) is 3.71. The molecule has 0 aliphatic carbocycles. The molecule has 0 unspecified atom stereocenters. The van der Waals surface area contributed by atoms with Crippen LogP contribution in [0.15, 0.2) is 60.7 Å². The number of amides is 1. The Kier molecular flexibility index (Phi) is 7.55. The van der Waals surface area contributed by atoms with Crippen LogP contribution in [-0.2, 0) is 20.9 Å². The number of hydrogen-bond acceptors (Lipinski definition) is 3. The van der Waals surface area contributed by atoms with Crippen LogP contribution in [0.2, 0.25) is 0 Å². The fourth-order valence-electron chi connectivity index (χ4n) is 2.37. The number of halogens is 1. The van der Waals surface area contributed by atoms with Crippen LogP contribution < -0.4 is 0 Å². The second kappa shape index (κ2) is 10.1. The summed E-state index contributed by atoms with van der Waals surface area (Å²) in [5.41, 5.74) is 1.70. The molecule has 136 valence electrons. The maximum Gasteiger partial charge on any atom is 0.307 e. The number of hydrogen-bond donors (Lipinski definition) is 0. The summed E-state index contributed by atoms with van der Waals surface area (Å²) in [6.45, 7) is 2.56. The van der Waals surface area contributed by atoms with Crippen LogP contribution >= 0.6 is 0 Å². The lowest BCUT2D eigenvalue weighted by atomic mass is 10.2. The predicted molar refractivity (Wildman–Crippen MR) is 98.5 cm³/mol. The summed E-state index contributed by atoms with van der Waals surface area (Å²) in [6.07, 6.45) is 3.31. The normalized spacial score (nSPS) is 10.7. The van der Waals surface area contributed by atoms with E-state index in [0.717, 1.165) is 11.1 Å². The van der Waals surface area contributed by atoms with Gasteiger partial charge in [-0.2, -0.15) is 0 Å². The van der Waals surface area contributed by atoms with Crippen molar-refractivity contribution in [1.82, 2.24) is 4.90 Å². The summed E-state index contributed by atoms with van der Waals surface area (Å²) in [5, 5.41) is 0. The summed E-state index contributed by atoms with van der Waals surface area (Å²) in [6, 6.07) is 15.4. The molecule has 1 amide bonds. The van der Waals surface area contributed by atoms with Crippen molar-refractivity contribution in [3.63, 3.8) is 0 Å². The minimum absolute atomic E-state index is 0.111. The standard InChI is InChI=1S/C21H22FNO3/c1-2-26-21(25)14-15-23(16-18-8-11-19(22)12-9-18)20(24)13-10-17-6-4-3-5-7-17/h3-13H,2,14-16H2,1H3/b13-10+. The number of rotatable bonds is 8. The first-order valence-corrected chi connectivity index (χ1v) is 8.50. The smallest absolute Gasteiger partial charge is 0.307 e. The highest BCUT2D eigenvalue weighted by molar-refractivity contribution is 5.92. The second-order valence-corrected chi connectivity index (χ2v) is 5.69. The van der Waals surface area contributed by atoms with Crippen LogP contribution in [0.5, 0.6) is 0 Å². The van der Waals surface area contributed by atoms with Crippen LogP contribution in [0.4, 0.5) is 4.39 Å². The third kappa shape index (κ3) is 6.51. The van der Waals surface area contributed by atoms with Gasteiger partial charge in [0.2, 0.25) is 5.91 Å². The number of benzene rings is 2. The minimum Gasteiger partial charge on any atom is -0.466 e. The Bertz CT molecular complexity index is 742. The average molecular weight is 355 g/mol. The quantitative estimate of drug-likeness (QED) is 0.534. The van der Waals surface area contributed by atoms with Crippen molar-refractivity contribution in [1.29, 1.82) is 0 Å². The van der Waals surface area contributed by atoms with Crippen molar-refractivity contribution in [2.45, 2.75) is 19.9 Å². The molecule has 0 saturated carbocycles. The van der Waals surface area contributed by atoms with Gasteiger partial charge in [-0.3, -0.25) is 9.59 Å². The van der Waals surface area contributed by atoms with Gasteiger partial charge in [0.1, 0.15) is 5.82 Å². The predicted octanol–water partition coefficient (Wildman–Crippen LogP) is 3.82. The molecule has 0 heterocycles. The number of carbonyl (C=O) groups is 2. The van der Waals surface area contributed by atoms with E-state index < -0.39 is 0 Å². The van der Waals surface area contributed by atoms with Crippen LogP contribution in [0, 0.1) is 5.82 Å². The number of carbonyl (C=O) groups excluding carboxylic acids is 2. The maximum atomic E-state index is 13.1. The lowest BCUT2D eigenvalue weighted by molar-refractivity contribution is -0.143. The first kappa shape index (κ1) is 19.4. The molecular formula is C21H22FNO3.